The summed E-state index contributed by atoms with van der Waals surface area (Å²) in [6.07, 6.45) is -2.48. The average Bonchev–Trinajstić information content (AvgIpc) is 3.56. The van der Waals surface area contributed by atoms with Crippen LogP contribution in [0.1, 0.15) is 35.4 Å². The first kappa shape index (κ1) is 38.7. The summed E-state index contributed by atoms with van der Waals surface area (Å²) in [6, 6.07) is 16.4. The number of alkyl halides is 3. The summed E-state index contributed by atoms with van der Waals surface area (Å²) >= 11 is 16.0. The minimum absolute atomic E-state index is 0.0945. The van der Waals surface area contributed by atoms with Crippen LogP contribution in [0, 0.1) is 23.7 Å². The Labute approximate surface area is 341 Å². The number of hydrazine groups is 1. The number of nitrogens with one attached hydrogen (secondary N) is 1. The van der Waals surface area contributed by atoms with Crippen LogP contribution in [0.4, 0.5) is 24.7 Å². The summed E-state index contributed by atoms with van der Waals surface area (Å²) in [5.41, 5.74) is 0.817. The molecular weight excluding hydrogens is 856 g/mol. The number of methoxy groups -OCH3 is 2. The monoisotopic (exact) mass is 884 g/mol. The van der Waals surface area contributed by atoms with E-state index in [4.69, 9.17) is 32.7 Å². The van der Waals surface area contributed by atoms with E-state index >= 15 is 4.79 Å². The smallest absolute Gasteiger partial charge is 0.417 e. The third-order valence-corrected chi connectivity index (χ3v) is 12.5. The molecule has 6 atom stereocenters. The standard InChI is InChI=1S/C40H30BrCl2F3N4O7/c1-56-23-14-29(51)32(30(15-23)57-2)33-24-11-12-25-31(37(54)49(35(25)52)22-9-5-20(41)6-10-22)26(24)16-27-36(53)50(38(55)39(27,33)18-3-7-21(42)8-4-18)48-34-28(43)13-19(17-47-34)40(44,45)46/h3-11,13-15,17,25-27,31,33,51H,12,16H2,1-2H3,(H,47,48). The molecule has 2 N–H and O–H groups in total. The molecule has 4 amide bonds. The molecule has 1 saturated carbocycles. The number of benzene rings is 3. The Morgan fingerprint density at radius 3 is 2.26 bits per heavy atom. The number of hydrogen-bond donors (Lipinski definition) is 2. The Morgan fingerprint density at radius 1 is 0.930 bits per heavy atom. The zero-order valence-electron chi connectivity index (χ0n) is 29.8. The number of carbonyl (C=O) groups excluding carboxylic acids is 4. The number of hydrogen-bond acceptors (Lipinski definition) is 9. The first-order valence-electron chi connectivity index (χ1n) is 17.5. The minimum Gasteiger partial charge on any atom is -0.507 e. The number of aromatic hydroxyl groups is 1. The lowest BCUT2D eigenvalue weighted by atomic mass is 9.49. The maximum atomic E-state index is 15.5. The molecule has 3 fully saturated rings. The summed E-state index contributed by atoms with van der Waals surface area (Å²) in [5.74, 6) is -8.12. The Hall–Kier alpha value is -5.12. The van der Waals surface area contributed by atoms with Crippen LogP contribution in [-0.4, -0.2) is 52.9 Å². The summed E-state index contributed by atoms with van der Waals surface area (Å²) in [7, 11) is 2.75. The molecule has 2 aliphatic heterocycles. The molecule has 294 valence electrons. The lowest BCUT2D eigenvalue weighted by Gasteiger charge is -2.50. The van der Waals surface area contributed by atoms with Crippen molar-refractivity contribution in [2.75, 3.05) is 24.5 Å². The van der Waals surface area contributed by atoms with Gasteiger partial charge >= 0.3 is 6.18 Å². The van der Waals surface area contributed by atoms with Crippen molar-refractivity contribution < 1.29 is 46.9 Å². The van der Waals surface area contributed by atoms with Crippen molar-refractivity contribution in [1.82, 2.24) is 9.99 Å². The molecule has 0 bridgehead atoms. The predicted octanol–water partition coefficient (Wildman–Crippen LogP) is 8.08. The second-order valence-electron chi connectivity index (χ2n) is 14.2. The molecule has 3 aromatic carbocycles. The van der Waals surface area contributed by atoms with Gasteiger partial charge in [0.15, 0.2) is 5.82 Å². The average molecular weight is 887 g/mol. The van der Waals surface area contributed by atoms with E-state index < -0.39 is 81.2 Å². The van der Waals surface area contributed by atoms with E-state index in [0.29, 0.717) is 39.1 Å². The first-order valence-corrected chi connectivity index (χ1v) is 19.1. The highest BCUT2D eigenvalue weighted by Gasteiger charge is 2.71. The van der Waals surface area contributed by atoms with Crippen molar-refractivity contribution >= 4 is 74.3 Å². The number of nitrogens with zero attached hydrogens (tertiary/aromatic N) is 3. The molecule has 4 aromatic rings. The molecule has 4 aliphatic rings. The van der Waals surface area contributed by atoms with E-state index in [1.165, 1.54) is 26.4 Å². The maximum absolute atomic E-state index is 15.5. The topological polar surface area (TPSA) is 138 Å². The molecule has 8 rings (SSSR count). The molecular formula is C40H30BrCl2F3N4O7. The number of imide groups is 2. The van der Waals surface area contributed by atoms with Crippen LogP contribution >= 0.6 is 39.1 Å². The van der Waals surface area contributed by atoms with Gasteiger partial charge in [0, 0.05) is 39.3 Å². The molecule has 2 saturated heterocycles. The van der Waals surface area contributed by atoms with Crippen molar-refractivity contribution in [2.24, 2.45) is 23.7 Å². The van der Waals surface area contributed by atoms with Gasteiger partial charge in [-0.05, 0) is 66.8 Å². The number of rotatable bonds is 7. The molecule has 57 heavy (non-hydrogen) atoms. The number of carbonyl (C=O) groups is 4. The number of allylic oxidation sites excluding steroid dienone is 2. The highest BCUT2D eigenvalue weighted by molar-refractivity contribution is 9.10. The van der Waals surface area contributed by atoms with Crippen molar-refractivity contribution in [3.8, 4) is 17.2 Å². The number of phenolic OH excluding ortho intramolecular Hbond substituents is 1. The Bertz CT molecular complexity index is 2400. The van der Waals surface area contributed by atoms with E-state index in [2.05, 4.69) is 26.3 Å². The number of pyridine rings is 1. The lowest BCUT2D eigenvalue weighted by Crippen LogP contribution is -2.53. The molecule has 0 radical (unpaired) electrons. The van der Waals surface area contributed by atoms with Gasteiger partial charge in [-0.15, -0.1) is 0 Å². The van der Waals surface area contributed by atoms with Gasteiger partial charge in [0.2, 0.25) is 11.8 Å². The highest BCUT2D eigenvalue weighted by Crippen LogP contribution is 2.66. The van der Waals surface area contributed by atoms with Crippen LogP contribution in [0.5, 0.6) is 17.2 Å². The largest absolute Gasteiger partial charge is 0.507 e. The number of amides is 4. The number of anilines is 2. The number of fused-ring (bicyclic) bond motifs is 4. The van der Waals surface area contributed by atoms with Gasteiger partial charge < -0.3 is 14.6 Å². The van der Waals surface area contributed by atoms with E-state index in [1.54, 1.807) is 54.6 Å². The number of halogens is 6. The van der Waals surface area contributed by atoms with E-state index in [0.717, 1.165) is 9.37 Å². The summed E-state index contributed by atoms with van der Waals surface area (Å²) < 4.78 is 52.6. The van der Waals surface area contributed by atoms with Crippen molar-refractivity contribution in [1.29, 1.82) is 0 Å². The van der Waals surface area contributed by atoms with Crippen LogP contribution in [0.2, 0.25) is 10.0 Å². The molecule has 0 spiro atoms. The summed E-state index contributed by atoms with van der Waals surface area (Å²) in [5, 5.41) is 12.4. The van der Waals surface area contributed by atoms with E-state index in [-0.39, 0.29) is 35.7 Å². The van der Waals surface area contributed by atoms with Crippen LogP contribution in [0.3, 0.4) is 0 Å². The molecule has 6 unspecified atom stereocenters. The molecule has 11 nitrogen and oxygen atoms in total. The molecule has 3 heterocycles. The third-order valence-electron chi connectivity index (χ3n) is 11.5. The van der Waals surface area contributed by atoms with Crippen molar-refractivity contribution in [2.45, 2.75) is 30.4 Å². The van der Waals surface area contributed by atoms with Gasteiger partial charge in [-0.3, -0.25) is 29.5 Å². The van der Waals surface area contributed by atoms with Crippen LogP contribution in [0.15, 0.2) is 89.0 Å². The van der Waals surface area contributed by atoms with Gasteiger partial charge in [-0.1, -0.05) is 62.9 Å². The zero-order chi connectivity index (χ0) is 40.7. The third kappa shape index (κ3) is 5.95. The second kappa shape index (κ2) is 14.1. The lowest BCUT2D eigenvalue weighted by molar-refractivity contribution is -0.139. The number of phenols is 1. The summed E-state index contributed by atoms with van der Waals surface area (Å²) in [6.45, 7) is 0. The van der Waals surface area contributed by atoms with Crippen LogP contribution < -0.4 is 19.8 Å². The maximum Gasteiger partial charge on any atom is 0.417 e. The quantitative estimate of drug-likeness (QED) is 0.139. The fourth-order valence-corrected chi connectivity index (χ4v) is 9.70. The molecule has 17 heteroatoms. The predicted molar refractivity (Wildman–Crippen MR) is 205 cm³/mol. The first-order chi connectivity index (χ1) is 27.1. The summed E-state index contributed by atoms with van der Waals surface area (Å²) in [4.78, 5) is 64.0. The normalized spacial score (nSPS) is 25.5. The van der Waals surface area contributed by atoms with E-state index in [1.807, 2.05) is 0 Å². The zero-order valence-corrected chi connectivity index (χ0v) is 32.9. The highest BCUT2D eigenvalue weighted by atomic mass is 79.9. The molecule has 1 aromatic heterocycles. The van der Waals surface area contributed by atoms with Crippen LogP contribution in [-0.2, 0) is 30.8 Å². The van der Waals surface area contributed by atoms with Crippen molar-refractivity contribution in [3.63, 3.8) is 0 Å². The van der Waals surface area contributed by atoms with Gasteiger partial charge in [-0.2, -0.15) is 18.2 Å². The van der Waals surface area contributed by atoms with Crippen LogP contribution in [0.25, 0.3) is 0 Å². The van der Waals surface area contributed by atoms with E-state index in [9.17, 15) is 32.7 Å². The Morgan fingerprint density at radius 2 is 1.63 bits per heavy atom. The van der Waals surface area contributed by atoms with Crippen molar-refractivity contribution in [3.05, 3.63) is 116 Å². The van der Waals surface area contributed by atoms with Gasteiger partial charge in [0.1, 0.15) is 17.2 Å². The number of aromatic nitrogens is 1. The van der Waals surface area contributed by atoms with Gasteiger partial charge in [0.05, 0.1) is 53.7 Å². The second-order valence-corrected chi connectivity index (χ2v) is 15.9. The fourth-order valence-electron chi connectivity index (χ4n) is 9.11. The fraction of sp³-hybridized carbons (Fsp3) is 0.275. The Kier molecular flexibility index (Phi) is 9.56. The number of ether oxygens (including phenoxy) is 2. The molecule has 2 aliphatic carbocycles. The minimum atomic E-state index is -4.78. The Balaban J connectivity index is 1.35. The van der Waals surface area contributed by atoms with Gasteiger partial charge in [-0.25, -0.2) is 4.98 Å². The SMILES string of the molecule is COc1cc(O)c(C2C3=CCC4C(=O)N(c5ccc(Br)cc5)C(=O)C4C3CC3C(=O)N(Nc4ncc(C(F)(F)F)cc4Cl)C(=O)C32c2ccc(Cl)cc2)c(OC)c1. The van der Waals surface area contributed by atoms with Gasteiger partial charge in [0.25, 0.3) is 11.8 Å².